The molecular formula is C9H7F3N2O. The Morgan fingerprint density at radius 1 is 1.40 bits per heavy atom. The minimum Gasteiger partial charge on any atom is -0.367 e. The molecule has 1 aromatic heterocycles. The van der Waals surface area contributed by atoms with Gasteiger partial charge in [0.1, 0.15) is 18.4 Å². The van der Waals surface area contributed by atoms with Crippen LogP contribution in [-0.4, -0.2) is 17.8 Å². The molecule has 0 aliphatic carbocycles. The maximum atomic E-state index is 11.7. The number of ether oxygens (including phenoxy) is 1. The maximum Gasteiger partial charge on any atom is 0.411 e. The van der Waals surface area contributed by atoms with Gasteiger partial charge in [-0.3, -0.25) is 0 Å². The van der Waals surface area contributed by atoms with E-state index in [0.717, 1.165) is 0 Å². The Bertz CT molecular complexity index is 353. The lowest BCUT2D eigenvalue weighted by molar-refractivity contribution is -0.176. The van der Waals surface area contributed by atoms with E-state index < -0.39 is 12.8 Å². The number of aromatic nitrogens is 1. The number of nitriles is 1. The average molecular weight is 216 g/mol. The number of hydrogen-bond acceptors (Lipinski definition) is 3. The van der Waals surface area contributed by atoms with Crippen LogP contribution in [0.1, 0.15) is 11.3 Å². The fourth-order valence-electron chi connectivity index (χ4n) is 0.861. The number of halogens is 3. The van der Waals surface area contributed by atoms with Gasteiger partial charge in [0.2, 0.25) is 0 Å². The van der Waals surface area contributed by atoms with Crippen molar-refractivity contribution < 1.29 is 17.9 Å². The van der Waals surface area contributed by atoms with E-state index in [-0.39, 0.29) is 12.3 Å². The zero-order valence-electron chi connectivity index (χ0n) is 7.58. The number of nitrogens with zero attached hydrogens (tertiary/aromatic N) is 2. The average Bonchev–Trinajstić information content (AvgIpc) is 2.17. The van der Waals surface area contributed by atoms with E-state index in [9.17, 15) is 13.2 Å². The van der Waals surface area contributed by atoms with Gasteiger partial charge in [-0.1, -0.05) is 6.07 Å². The number of hydrogen-bond donors (Lipinski definition) is 0. The Morgan fingerprint density at radius 2 is 2.13 bits per heavy atom. The summed E-state index contributed by atoms with van der Waals surface area (Å²) in [7, 11) is 0. The second kappa shape index (κ2) is 4.75. The lowest BCUT2D eigenvalue weighted by Gasteiger charge is -2.06. The summed E-state index contributed by atoms with van der Waals surface area (Å²) >= 11 is 0. The van der Waals surface area contributed by atoms with E-state index in [1.807, 2.05) is 0 Å². The van der Waals surface area contributed by atoms with Crippen molar-refractivity contribution in [3.05, 3.63) is 29.6 Å². The second-order valence-electron chi connectivity index (χ2n) is 2.77. The molecule has 15 heavy (non-hydrogen) atoms. The molecule has 0 radical (unpaired) electrons. The molecule has 0 aliphatic rings. The van der Waals surface area contributed by atoms with Crippen molar-refractivity contribution in [2.75, 3.05) is 6.61 Å². The van der Waals surface area contributed by atoms with Gasteiger partial charge in [0.05, 0.1) is 6.61 Å². The summed E-state index contributed by atoms with van der Waals surface area (Å²) in [5.41, 5.74) is 0.716. The number of alkyl halides is 3. The third-order valence-corrected chi connectivity index (χ3v) is 1.47. The molecule has 0 N–H and O–H groups in total. The lowest BCUT2D eigenvalue weighted by Crippen LogP contribution is -2.16. The standard InChI is InChI=1S/C9H7F3N2O/c10-9(11,12)6-15-5-7-1-2-8(3-13)14-4-7/h1-2,4H,5-6H2. The van der Waals surface area contributed by atoms with E-state index >= 15 is 0 Å². The van der Waals surface area contributed by atoms with Crippen molar-refractivity contribution in [2.45, 2.75) is 12.8 Å². The Kier molecular flexibility index (Phi) is 3.63. The smallest absolute Gasteiger partial charge is 0.367 e. The fraction of sp³-hybridized carbons (Fsp3) is 0.333. The van der Waals surface area contributed by atoms with Gasteiger partial charge in [-0.15, -0.1) is 0 Å². The first-order chi connectivity index (χ1) is 7.01. The molecule has 0 saturated heterocycles. The molecule has 0 bridgehead atoms. The molecule has 0 aliphatic heterocycles. The molecule has 3 nitrogen and oxygen atoms in total. The van der Waals surface area contributed by atoms with Crippen LogP contribution in [0, 0.1) is 11.3 Å². The molecule has 1 rings (SSSR count). The van der Waals surface area contributed by atoms with Crippen molar-refractivity contribution >= 4 is 0 Å². The molecule has 0 saturated carbocycles. The van der Waals surface area contributed by atoms with Gasteiger partial charge in [0, 0.05) is 6.20 Å². The third kappa shape index (κ3) is 4.42. The van der Waals surface area contributed by atoms with E-state index in [0.29, 0.717) is 5.56 Å². The molecule has 0 unspecified atom stereocenters. The molecule has 1 aromatic rings. The van der Waals surface area contributed by atoms with Gasteiger partial charge in [-0.05, 0) is 11.6 Å². The SMILES string of the molecule is N#Cc1ccc(COCC(F)(F)F)cn1. The number of pyridine rings is 1. The minimum atomic E-state index is -4.32. The van der Waals surface area contributed by atoms with E-state index in [1.165, 1.54) is 18.3 Å². The molecule has 0 spiro atoms. The maximum absolute atomic E-state index is 11.7. The van der Waals surface area contributed by atoms with Gasteiger partial charge in [0.15, 0.2) is 0 Å². The van der Waals surface area contributed by atoms with Crippen LogP contribution in [0.3, 0.4) is 0 Å². The van der Waals surface area contributed by atoms with E-state index in [4.69, 9.17) is 5.26 Å². The van der Waals surface area contributed by atoms with Crippen LogP contribution in [0.2, 0.25) is 0 Å². The first kappa shape index (κ1) is 11.5. The van der Waals surface area contributed by atoms with Crippen molar-refractivity contribution in [1.29, 1.82) is 5.26 Å². The minimum absolute atomic E-state index is 0.168. The Labute approximate surface area is 84.1 Å². The highest BCUT2D eigenvalue weighted by Crippen LogP contribution is 2.15. The molecule has 0 aromatic carbocycles. The molecule has 80 valence electrons. The summed E-state index contributed by atoms with van der Waals surface area (Å²) in [6.45, 7) is -1.45. The fourth-order valence-corrected chi connectivity index (χ4v) is 0.861. The van der Waals surface area contributed by atoms with Gasteiger partial charge in [-0.2, -0.15) is 18.4 Å². The lowest BCUT2D eigenvalue weighted by atomic mass is 10.3. The zero-order valence-corrected chi connectivity index (χ0v) is 7.58. The van der Waals surface area contributed by atoms with Crippen molar-refractivity contribution in [3.63, 3.8) is 0 Å². The van der Waals surface area contributed by atoms with Gasteiger partial charge in [0.25, 0.3) is 0 Å². The Morgan fingerprint density at radius 3 is 2.60 bits per heavy atom. The number of rotatable bonds is 3. The first-order valence-corrected chi connectivity index (χ1v) is 4.01. The van der Waals surface area contributed by atoms with E-state index in [1.54, 1.807) is 6.07 Å². The van der Waals surface area contributed by atoms with Crippen molar-refractivity contribution in [1.82, 2.24) is 4.98 Å². The summed E-state index contributed by atoms with van der Waals surface area (Å²) in [5, 5.41) is 8.42. The van der Waals surface area contributed by atoms with E-state index in [2.05, 4.69) is 9.72 Å². The summed E-state index contributed by atoms with van der Waals surface area (Å²) in [4.78, 5) is 3.69. The van der Waals surface area contributed by atoms with Crippen LogP contribution < -0.4 is 0 Å². The summed E-state index contributed by atoms with van der Waals surface area (Å²) < 4.78 is 39.5. The van der Waals surface area contributed by atoms with Crippen LogP contribution in [0.25, 0.3) is 0 Å². The molecule has 0 amide bonds. The van der Waals surface area contributed by atoms with Crippen LogP contribution in [-0.2, 0) is 11.3 Å². The molecule has 6 heteroatoms. The summed E-state index contributed by atoms with van der Waals surface area (Å²) in [6, 6.07) is 4.73. The van der Waals surface area contributed by atoms with Crippen molar-refractivity contribution in [3.8, 4) is 6.07 Å². The molecule has 0 fully saturated rings. The zero-order chi connectivity index (χ0) is 11.3. The predicted octanol–water partition coefficient (Wildman–Crippen LogP) is 2.03. The van der Waals surface area contributed by atoms with Crippen molar-refractivity contribution in [2.24, 2.45) is 0 Å². The molecule has 1 heterocycles. The van der Waals surface area contributed by atoms with Crippen LogP contribution in [0.5, 0.6) is 0 Å². The second-order valence-corrected chi connectivity index (χ2v) is 2.77. The van der Waals surface area contributed by atoms with Gasteiger partial charge < -0.3 is 4.74 Å². The highest BCUT2D eigenvalue weighted by atomic mass is 19.4. The summed E-state index contributed by atoms with van der Waals surface area (Å²) in [5.74, 6) is 0. The van der Waals surface area contributed by atoms with Gasteiger partial charge in [-0.25, -0.2) is 4.98 Å². The summed E-state index contributed by atoms with van der Waals surface area (Å²) in [6.07, 6.45) is -3.01. The predicted molar refractivity (Wildman–Crippen MR) is 44.7 cm³/mol. The first-order valence-electron chi connectivity index (χ1n) is 4.01. The monoisotopic (exact) mass is 216 g/mol. The highest BCUT2D eigenvalue weighted by Gasteiger charge is 2.27. The highest BCUT2D eigenvalue weighted by molar-refractivity contribution is 5.22. The van der Waals surface area contributed by atoms with Gasteiger partial charge >= 0.3 is 6.18 Å². The molecular weight excluding hydrogens is 209 g/mol. The third-order valence-electron chi connectivity index (χ3n) is 1.47. The quantitative estimate of drug-likeness (QED) is 0.776. The largest absolute Gasteiger partial charge is 0.411 e. The topological polar surface area (TPSA) is 45.9 Å². The van der Waals surface area contributed by atoms with Crippen LogP contribution >= 0.6 is 0 Å². The Hall–Kier alpha value is -1.61. The molecule has 0 atom stereocenters. The van der Waals surface area contributed by atoms with Crippen LogP contribution in [0.4, 0.5) is 13.2 Å². The normalized spacial score (nSPS) is 11.1. The Balaban J connectivity index is 2.42. The van der Waals surface area contributed by atoms with Crippen LogP contribution in [0.15, 0.2) is 18.3 Å².